The molecular weight excluding hydrogens is 442 g/mol. The maximum Gasteiger partial charge on any atom is 0.279 e. The van der Waals surface area contributed by atoms with E-state index in [-0.39, 0.29) is 4.90 Å². The van der Waals surface area contributed by atoms with Gasteiger partial charge in [-0.15, -0.1) is 6.42 Å². The standard InChI is InChI=1S/C24H27N3O3S2/c1-5-8-16-26(7-3)32(29,30)20-12-10-19(11-13-20)23(28)25-24-27(15-6-2)21-14-9-18(4)17-22(21)31-24/h2,9-14,17H,5,7-8,15-16H2,1,3-4H3. The van der Waals surface area contributed by atoms with Crippen LogP contribution in [-0.2, 0) is 16.6 Å². The van der Waals surface area contributed by atoms with E-state index in [1.807, 2.05) is 43.5 Å². The van der Waals surface area contributed by atoms with Crippen LogP contribution < -0.4 is 4.80 Å². The van der Waals surface area contributed by atoms with Crippen molar-refractivity contribution in [2.24, 2.45) is 4.99 Å². The normalized spacial score (nSPS) is 12.4. The molecule has 0 radical (unpaired) electrons. The maximum atomic E-state index is 12.9. The van der Waals surface area contributed by atoms with Crippen LogP contribution in [0.25, 0.3) is 10.2 Å². The molecule has 0 atom stereocenters. The molecule has 0 fully saturated rings. The molecule has 0 unspecified atom stereocenters. The first-order valence-electron chi connectivity index (χ1n) is 10.5. The topological polar surface area (TPSA) is 71.7 Å². The average Bonchev–Trinajstić information content (AvgIpc) is 3.10. The molecule has 168 valence electrons. The number of sulfonamides is 1. The predicted molar refractivity (Wildman–Crippen MR) is 129 cm³/mol. The molecule has 0 aliphatic carbocycles. The maximum absolute atomic E-state index is 12.9. The minimum absolute atomic E-state index is 0.173. The van der Waals surface area contributed by atoms with Crippen molar-refractivity contribution in [3.8, 4) is 12.3 Å². The summed E-state index contributed by atoms with van der Waals surface area (Å²) in [5, 5.41) is 0. The van der Waals surface area contributed by atoms with Crippen LogP contribution >= 0.6 is 11.3 Å². The first-order valence-corrected chi connectivity index (χ1v) is 12.8. The number of hydrogen-bond donors (Lipinski definition) is 0. The van der Waals surface area contributed by atoms with Gasteiger partial charge < -0.3 is 4.57 Å². The average molecular weight is 470 g/mol. The number of rotatable bonds is 8. The van der Waals surface area contributed by atoms with Crippen LogP contribution in [0.3, 0.4) is 0 Å². The van der Waals surface area contributed by atoms with Gasteiger partial charge in [0.2, 0.25) is 10.0 Å². The summed E-state index contributed by atoms with van der Waals surface area (Å²) in [5.41, 5.74) is 2.36. The van der Waals surface area contributed by atoms with Crippen LogP contribution in [0.5, 0.6) is 0 Å². The zero-order valence-corrected chi connectivity index (χ0v) is 20.2. The molecule has 0 saturated carbocycles. The molecule has 0 spiro atoms. The molecular formula is C24H27N3O3S2. The number of aromatic nitrogens is 1. The van der Waals surface area contributed by atoms with Crippen LogP contribution in [0, 0.1) is 19.3 Å². The number of unbranched alkanes of at least 4 members (excludes halogenated alkanes) is 1. The second-order valence-electron chi connectivity index (χ2n) is 7.44. The van der Waals surface area contributed by atoms with Gasteiger partial charge in [-0.25, -0.2) is 8.42 Å². The molecule has 2 aromatic carbocycles. The largest absolute Gasteiger partial charge is 0.305 e. The zero-order chi connectivity index (χ0) is 23.3. The number of amides is 1. The summed E-state index contributed by atoms with van der Waals surface area (Å²) < 4.78 is 30.1. The molecule has 0 bridgehead atoms. The Morgan fingerprint density at radius 2 is 1.91 bits per heavy atom. The Labute approximate surface area is 193 Å². The van der Waals surface area contributed by atoms with Gasteiger partial charge in [0.15, 0.2) is 4.80 Å². The zero-order valence-electron chi connectivity index (χ0n) is 18.5. The van der Waals surface area contributed by atoms with Crippen molar-refractivity contribution < 1.29 is 13.2 Å². The van der Waals surface area contributed by atoms with Gasteiger partial charge in [0.05, 0.1) is 21.7 Å². The smallest absolute Gasteiger partial charge is 0.279 e. The van der Waals surface area contributed by atoms with Crippen LogP contribution in [0.2, 0.25) is 0 Å². The molecule has 1 amide bonds. The van der Waals surface area contributed by atoms with Crippen molar-refractivity contribution >= 4 is 37.5 Å². The SMILES string of the molecule is C#CCn1c(=NC(=O)c2ccc(S(=O)(=O)N(CC)CCCC)cc2)sc2cc(C)ccc21. The summed E-state index contributed by atoms with van der Waals surface area (Å²) in [7, 11) is -3.59. The van der Waals surface area contributed by atoms with Gasteiger partial charge >= 0.3 is 0 Å². The summed E-state index contributed by atoms with van der Waals surface area (Å²) in [6, 6.07) is 12.0. The third-order valence-corrected chi connectivity index (χ3v) is 8.17. The van der Waals surface area contributed by atoms with E-state index in [0.717, 1.165) is 28.6 Å². The summed E-state index contributed by atoms with van der Waals surface area (Å²) in [5.74, 6) is 2.17. The third kappa shape index (κ3) is 5.01. The van der Waals surface area contributed by atoms with E-state index in [1.165, 1.54) is 39.9 Å². The number of carbonyl (C=O) groups excluding carboxylic acids is 1. The molecule has 0 saturated heterocycles. The van der Waals surface area contributed by atoms with Gasteiger partial charge in [-0.1, -0.05) is 43.6 Å². The molecule has 1 aromatic heterocycles. The minimum Gasteiger partial charge on any atom is -0.305 e. The molecule has 0 N–H and O–H groups in total. The molecule has 1 heterocycles. The molecule has 3 aromatic rings. The highest BCUT2D eigenvalue weighted by molar-refractivity contribution is 7.89. The number of thiazole rings is 1. The quantitative estimate of drug-likeness (QED) is 0.464. The van der Waals surface area contributed by atoms with Crippen molar-refractivity contribution in [1.29, 1.82) is 0 Å². The van der Waals surface area contributed by atoms with E-state index < -0.39 is 15.9 Å². The molecule has 8 heteroatoms. The minimum atomic E-state index is -3.59. The van der Waals surface area contributed by atoms with E-state index in [1.54, 1.807) is 0 Å². The van der Waals surface area contributed by atoms with Crippen LogP contribution in [-0.4, -0.2) is 36.3 Å². The first kappa shape index (κ1) is 23.9. The number of nitrogens with zero attached hydrogens (tertiary/aromatic N) is 3. The van der Waals surface area contributed by atoms with Gasteiger partial charge in [-0.3, -0.25) is 4.79 Å². The van der Waals surface area contributed by atoms with Gasteiger partial charge in [0, 0.05) is 18.7 Å². The van der Waals surface area contributed by atoms with Gasteiger partial charge in [0.1, 0.15) is 0 Å². The number of carbonyl (C=O) groups is 1. The number of benzene rings is 2. The van der Waals surface area contributed by atoms with Crippen LogP contribution in [0.4, 0.5) is 0 Å². The van der Waals surface area contributed by atoms with Crippen LogP contribution in [0.1, 0.15) is 42.6 Å². The lowest BCUT2D eigenvalue weighted by atomic mass is 10.2. The molecule has 6 nitrogen and oxygen atoms in total. The summed E-state index contributed by atoms with van der Waals surface area (Å²) in [6.07, 6.45) is 7.24. The fourth-order valence-electron chi connectivity index (χ4n) is 3.36. The summed E-state index contributed by atoms with van der Waals surface area (Å²) >= 11 is 1.40. The van der Waals surface area contributed by atoms with Crippen molar-refractivity contribution in [3.05, 3.63) is 58.4 Å². The predicted octanol–water partition coefficient (Wildman–Crippen LogP) is 4.20. The first-order chi connectivity index (χ1) is 15.3. The lowest BCUT2D eigenvalue weighted by molar-refractivity contribution is 0.0998. The van der Waals surface area contributed by atoms with Crippen molar-refractivity contribution in [1.82, 2.24) is 8.87 Å². The van der Waals surface area contributed by atoms with Crippen molar-refractivity contribution in [2.45, 2.75) is 45.1 Å². The number of hydrogen-bond acceptors (Lipinski definition) is 4. The highest BCUT2D eigenvalue weighted by atomic mass is 32.2. The second-order valence-corrected chi connectivity index (χ2v) is 10.4. The van der Waals surface area contributed by atoms with Gasteiger partial charge in [0.25, 0.3) is 5.91 Å². The summed E-state index contributed by atoms with van der Waals surface area (Å²) in [6.45, 7) is 7.03. The number of fused-ring (bicyclic) bond motifs is 1. The summed E-state index contributed by atoms with van der Waals surface area (Å²) in [4.78, 5) is 17.8. The Kier molecular flexibility index (Phi) is 7.67. The van der Waals surface area contributed by atoms with Crippen molar-refractivity contribution in [3.63, 3.8) is 0 Å². The number of terminal acetylenes is 1. The van der Waals surface area contributed by atoms with E-state index in [9.17, 15) is 13.2 Å². The Morgan fingerprint density at radius 3 is 2.53 bits per heavy atom. The Balaban J connectivity index is 1.94. The number of aryl methyl sites for hydroxylation is 1. The van der Waals surface area contributed by atoms with Gasteiger partial charge in [-0.2, -0.15) is 9.30 Å². The molecule has 0 aliphatic heterocycles. The van der Waals surface area contributed by atoms with Gasteiger partial charge in [-0.05, 0) is 55.3 Å². The Bertz CT molecular complexity index is 1330. The fourth-order valence-corrected chi connectivity index (χ4v) is 5.98. The highest BCUT2D eigenvalue weighted by Crippen LogP contribution is 2.20. The molecule has 32 heavy (non-hydrogen) atoms. The van der Waals surface area contributed by atoms with E-state index in [2.05, 4.69) is 10.9 Å². The Hall–Kier alpha value is -2.73. The molecule has 3 rings (SSSR count). The lowest BCUT2D eigenvalue weighted by Gasteiger charge is -2.20. The van der Waals surface area contributed by atoms with Crippen molar-refractivity contribution in [2.75, 3.05) is 13.1 Å². The Morgan fingerprint density at radius 1 is 1.19 bits per heavy atom. The van der Waals surface area contributed by atoms with E-state index in [0.29, 0.717) is 30.0 Å². The highest BCUT2D eigenvalue weighted by Gasteiger charge is 2.22. The fraction of sp³-hybridized carbons (Fsp3) is 0.333. The van der Waals surface area contributed by atoms with Crippen LogP contribution in [0.15, 0.2) is 52.4 Å². The van der Waals surface area contributed by atoms with E-state index in [4.69, 9.17) is 6.42 Å². The second kappa shape index (κ2) is 10.3. The lowest BCUT2D eigenvalue weighted by Crippen LogP contribution is -2.31. The monoisotopic (exact) mass is 469 g/mol. The third-order valence-electron chi connectivity index (χ3n) is 5.14. The molecule has 0 aliphatic rings. The van der Waals surface area contributed by atoms with E-state index >= 15 is 0 Å².